The SMILES string of the molecule is Cc1cc(CNc2ccc(C(=O)N3CCOCC3)cn2)c2[nH]c(C)c(C)c2c1. The van der Waals surface area contributed by atoms with Crippen molar-refractivity contribution in [3.05, 3.63) is 58.4 Å². The van der Waals surface area contributed by atoms with Gasteiger partial charge >= 0.3 is 0 Å². The highest BCUT2D eigenvalue weighted by molar-refractivity contribution is 5.94. The van der Waals surface area contributed by atoms with Crippen LogP contribution in [0.3, 0.4) is 0 Å². The van der Waals surface area contributed by atoms with Gasteiger partial charge in [-0.2, -0.15) is 0 Å². The number of nitrogens with one attached hydrogen (secondary N) is 2. The van der Waals surface area contributed by atoms with Crippen LogP contribution in [0.25, 0.3) is 10.9 Å². The quantitative estimate of drug-likeness (QED) is 0.728. The van der Waals surface area contributed by atoms with E-state index in [0.29, 0.717) is 38.4 Å². The van der Waals surface area contributed by atoms with E-state index in [0.717, 1.165) is 5.82 Å². The summed E-state index contributed by atoms with van der Waals surface area (Å²) in [7, 11) is 0. The topological polar surface area (TPSA) is 70.2 Å². The lowest BCUT2D eigenvalue weighted by atomic mass is 10.0. The summed E-state index contributed by atoms with van der Waals surface area (Å²) in [6, 6.07) is 8.12. The fourth-order valence-electron chi connectivity index (χ4n) is 3.69. The Morgan fingerprint density at radius 2 is 2.00 bits per heavy atom. The van der Waals surface area contributed by atoms with Gasteiger partial charge in [-0.25, -0.2) is 4.98 Å². The summed E-state index contributed by atoms with van der Waals surface area (Å²) in [4.78, 5) is 22.3. The number of H-pyrrole nitrogens is 1. The number of amides is 1. The first-order chi connectivity index (χ1) is 13.5. The molecule has 28 heavy (non-hydrogen) atoms. The summed E-state index contributed by atoms with van der Waals surface area (Å²) in [5.74, 6) is 0.772. The third kappa shape index (κ3) is 3.60. The number of morpholine rings is 1. The van der Waals surface area contributed by atoms with Crippen LogP contribution in [0.4, 0.5) is 5.82 Å². The Bertz CT molecular complexity index is 1000. The van der Waals surface area contributed by atoms with E-state index in [2.05, 4.69) is 48.2 Å². The third-order valence-electron chi connectivity index (χ3n) is 5.41. The van der Waals surface area contributed by atoms with E-state index < -0.39 is 0 Å². The average Bonchev–Trinajstić information content (AvgIpc) is 3.01. The summed E-state index contributed by atoms with van der Waals surface area (Å²) in [5.41, 5.74) is 6.73. The molecule has 1 saturated heterocycles. The molecule has 0 atom stereocenters. The molecule has 1 fully saturated rings. The lowest BCUT2D eigenvalue weighted by Crippen LogP contribution is -2.40. The molecular weight excluding hydrogens is 352 g/mol. The Kier molecular flexibility index (Phi) is 5.05. The molecule has 4 rings (SSSR count). The maximum atomic E-state index is 12.5. The average molecular weight is 378 g/mol. The van der Waals surface area contributed by atoms with Crippen molar-refractivity contribution in [2.75, 3.05) is 31.6 Å². The second-order valence-corrected chi connectivity index (χ2v) is 7.41. The second kappa shape index (κ2) is 7.64. The molecule has 0 unspecified atom stereocenters. The molecular formula is C22H26N4O2. The van der Waals surface area contributed by atoms with Crippen LogP contribution in [0.2, 0.25) is 0 Å². The van der Waals surface area contributed by atoms with Crippen LogP contribution in [-0.2, 0) is 11.3 Å². The molecule has 0 bridgehead atoms. The molecule has 2 N–H and O–H groups in total. The number of carbonyl (C=O) groups is 1. The first-order valence-electron chi connectivity index (χ1n) is 9.68. The van der Waals surface area contributed by atoms with Crippen LogP contribution in [0.1, 0.15) is 32.7 Å². The molecule has 2 aromatic heterocycles. The van der Waals surface area contributed by atoms with Gasteiger partial charge in [0.15, 0.2) is 0 Å². The van der Waals surface area contributed by atoms with Crippen molar-refractivity contribution in [2.45, 2.75) is 27.3 Å². The van der Waals surface area contributed by atoms with Crippen LogP contribution in [-0.4, -0.2) is 47.1 Å². The number of fused-ring (bicyclic) bond motifs is 1. The van der Waals surface area contributed by atoms with E-state index in [1.165, 1.54) is 33.3 Å². The van der Waals surface area contributed by atoms with Crippen LogP contribution >= 0.6 is 0 Å². The van der Waals surface area contributed by atoms with Gasteiger partial charge in [0.2, 0.25) is 0 Å². The van der Waals surface area contributed by atoms with Crippen molar-refractivity contribution in [1.29, 1.82) is 0 Å². The molecule has 6 nitrogen and oxygen atoms in total. The predicted molar refractivity (Wildman–Crippen MR) is 111 cm³/mol. The number of aromatic amines is 1. The lowest BCUT2D eigenvalue weighted by molar-refractivity contribution is 0.0302. The molecule has 1 amide bonds. The first-order valence-corrected chi connectivity index (χ1v) is 9.68. The van der Waals surface area contributed by atoms with Crippen molar-refractivity contribution >= 4 is 22.6 Å². The molecule has 3 aromatic rings. The molecule has 1 aliphatic heterocycles. The number of ether oxygens (including phenoxy) is 1. The molecule has 0 saturated carbocycles. The minimum Gasteiger partial charge on any atom is -0.378 e. The molecule has 1 aliphatic rings. The molecule has 3 heterocycles. The summed E-state index contributed by atoms with van der Waals surface area (Å²) < 4.78 is 5.30. The predicted octanol–water partition coefficient (Wildman–Crippen LogP) is 3.57. The van der Waals surface area contributed by atoms with E-state index in [1.807, 2.05) is 17.0 Å². The van der Waals surface area contributed by atoms with Gasteiger partial charge in [0.05, 0.1) is 24.3 Å². The number of nitrogens with zero attached hydrogens (tertiary/aromatic N) is 2. The van der Waals surface area contributed by atoms with Gasteiger partial charge in [-0.3, -0.25) is 4.79 Å². The van der Waals surface area contributed by atoms with Gasteiger partial charge in [-0.05, 0) is 50.1 Å². The smallest absolute Gasteiger partial charge is 0.255 e. The maximum Gasteiger partial charge on any atom is 0.255 e. The van der Waals surface area contributed by atoms with E-state index in [1.54, 1.807) is 6.20 Å². The van der Waals surface area contributed by atoms with E-state index >= 15 is 0 Å². The zero-order valence-electron chi connectivity index (χ0n) is 16.6. The maximum absolute atomic E-state index is 12.5. The summed E-state index contributed by atoms with van der Waals surface area (Å²) >= 11 is 0. The first kappa shape index (κ1) is 18.5. The van der Waals surface area contributed by atoms with Gasteiger partial charge in [0.1, 0.15) is 5.82 Å². The Morgan fingerprint density at radius 3 is 2.71 bits per heavy atom. The molecule has 0 aliphatic carbocycles. The summed E-state index contributed by atoms with van der Waals surface area (Å²) in [5, 5.41) is 4.65. The molecule has 0 spiro atoms. The fraction of sp³-hybridized carbons (Fsp3) is 0.364. The highest BCUT2D eigenvalue weighted by Gasteiger charge is 2.18. The highest BCUT2D eigenvalue weighted by Crippen LogP contribution is 2.26. The number of hydrogen-bond acceptors (Lipinski definition) is 4. The Balaban J connectivity index is 1.48. The molecule has 0 radical (unpaired) electrons. The highest BCUT2D eigenvalue weighted by atomic mass is 16.5. The number of aryl methyl sites for hydroxylation is 3. The van der Waals surface area contributed by atoms with Crippen LogP contribution < -0.4 is 5.32 Å². The van der Waals surface area contributed by atoms with Crippen LogP contribution in [0, 0.1) is 20.8 Å². The van der Waals surface area contributed by atoms with Crippen molar-refractivity contribution in [3.63, 3.8) is 0 Å². The van der Waals surface area contributed by atoms with Crippen molar-refractivity contribution < 1.29 is 9.53 Å². The minimum atomic E-state index is 0.0140. The van der Waals surface area contributed by atoms with Gasteiger partial charge in [-0.1, -0.05) is 11.6 Å². The lowest BCUT2D eigenvalue weighted by Gasteiger charge is -2.26. The Hall–Kier alpha value is -2.86. The van der Waals surface area contributed by atoms with Crippen LogP contribution in [0.15, 0.2) is 30.5 Å². The van der Waals surface area contributed by atoms with E-state index in [9.17, 15) is 4.79 Å². The number of carbonyl (C=O) groups excluding carboxylic acids is 1. The monoisotopic (exact) mass is 378 g/mol. The summed E-state index contributed by atoms with van der Waals surface area (Å²) in [6.45, 7) is 9.51. The number of anilines is 1. The number of aromatic nitrogens is 2. The minimum absolute atomic E-state index is 0.0140. The van der Waals surface area contributed by atoms with E-state index in [-0.39, 0.29) is 5.91 Å². The Labute approximate surface area is 164 Å². The molecule has 146 valence electrons. The molecule has 6 heteroatoms. The third-order valence-corrected chi connectivity index (χ3v) is 5.41. The van der Waals surface area contributed by atoms with Crippen molar-refractivity contribution in [2.24, 2.45) is 0 Å². The van der Waals surface area contributed by atoms with Crippen LogP contribution in [0.5, 0.6) is 0 Å². The van der Waals surface area contributed by atoms with Gasteiger partial charge in [0, 0.05) is 36.9 Å². The molecule has 1 aromatic carbocycles. The van der Waals surface area contributed by atoms with Gasteiger partial charge in [-0.15, -0.1) is 0 Å². The fourth-order valence-corrected chi connectivity index (χ4v) is 3.69. The van der Waals surface area contributed by atoms with E-state index in [4.69, 9.17) is 4.74 Å². The zero-order valence-corrected chi connectivity index (χ0v) is 16.6. The number of hydrogen-bond donors (Lipinski definition) is 2. The summed E-state index contributed by atoms with van der Waals surface area (Å²) in [6.07, 6.45) is 1.65. The Morgan fingerprint density at radius 1 is 1.21 bits per heavy atom. The van der Waals surface area contributed by atoms with Crippen molar-refractivity contribution in [3.8, 4) is 0 Å². The number of pyridine rings is 1. The zero-order chi connectivity index (χ0) is 19.7. The normalized spacial score (nSPS) is 14.5. The second-order valence-electron chi connectivity index (χ2n) is 7.41. The largest absolute Gasteiger partial charge is 0.378 e. The standard InChI is InChI=1S/C22H26N4O2/c1-14-10-18(21-19(11-14)15(2)16(3)25-21)13-24-20-5-4-17(12-23-20)22(27)26-6-8-28-9-7-26/h4-5,10-12,25H,6-9,13H2,1-3H3,(H,23,24). The number of benzene rings is 1. The van der Waals surface area contributed by atoms with Gasteiger partial charge < -0.3 is 19.9 Å². The number of rotatable bonds is 4. The van der Waals surface area contributed by atoms with Gasteiger partial charge in [0.25, 0.3) is 5.91 Å². The van der Waals surface area contributed by atoms with Crippen molar-refractivity contribution in [1.82, 2.24) is 14.9 Å².